The summed E-state index contributed by atoms with van der Waals surface area (Å²) in [4.78, 5) is 0. The summed E-state index contributed by atoms with van der Waals surface area (Å²) in [6, 6.07) is 19.6. The molecule has 0 N–H and O–H groups in total. The van der Waals surface area contributed by atoms with Crippen LogP contribution in [0.25, 0.3) is 22.3 Å². The molecule has 0 fully saturated rings. The van der Waals surface area contributed by atoms with Crippen LogP contribution in [0.15, 0.2) is 59.1 Å². The molecule has 3 aromatic carbocycles. The van der Waals surface area contributed by atoms with Crippen molar-refractivity contribution in [3.05, 3.63) is 81.3 Å². The van der Waals surface area contributed by atoms with E-state index in [-0.39, 0.29) is 0 Å². The van der Waals surface area contributed by atoms with Crippen molar-refractivity contribution in [3.63, 3.8) is 0 Å². The molecule has 1 aliphatic carbocycles. The zero-order chi connectivity index (χ0) is 15.3. The minimum absolute atomic E-state index is 1.06. The smallest absolute Gasteiger partial charge is 0.0253 e. The van der Waals surface area contributed by atoms with E-state index in [9.17, 15) is 0 Å². The van der Waals surface area contributed by atoms with Gasteiger partial charge in [0.05, 0.1) is 0 Å². The molecule has 0 nitrogen and oxygen atoms in total. The van der Waals surface area contributed by atoms with Crippen LogP contribution in [0.5, 0.6) is 0 Å². The lowest BCUT2D eigenvalue weighted by Gasteiger charge is -2.15. The molecule has 0 aliphatic heterocycles. The first-order valence-electron chi connectivity index (χ1n) is 7.63. The first kappa shape index (κ1) is 13.8. The lowest BCUT2D eigenvalue weighted by atomic mass is 9.90. The predicted molar refractivity (Wildman–Crippen MR) is 97.3 cm³/mol. The van der Waals surface area contributed by atoms with Crippen molar-refractivity contribution in [2.75, 3.05) is 0 Å². The maximum Gasteiger partial charge on any atom is 0.0253 e. The fraction of sp³-hybridized carbons (Fsp3) is 0.143. The molecule has 0 spiro atoms. The highest BCUT2D eigenvalue weighted by Crippen LogP contribution is 2.43. The van der Waals surface area contributed by atoms with E-state index in [1.165, 1.54) is 44.5 Å². The van der Waals surface area contributed by atoms with Crippen LogP contribution in [-0.2, 0) is 6.42 Å². The van der Waals surface area contributed by atoms with E-state index in [4.69, 9.17) is 0 Å². The standard InChI is InChI=1S/C21H17Br/c1-13-14(2)19(17-9-5-6-10-21(17)22)12-20-16-8-4-3-7-15(16)11-18(13)20/h3-10,12H,11H2,1-2H3. The van der Waals surface area contributed by atoms with E-state index in [1.54, 1.807) is 0 Å². The quantitative estimate of drug-likeness (QED) is 0.378. The number of hydrogen-bond acceptors (Lipinski definition) is 0. The Hall–Kier alpha value is -1.86. The van der Waals surface area contributed by atoms with Gasteiger partial charge in [0, 0.05) is 4.47 Å². The number of fused-ring (bicyclic) bond motifs is 3. The van der Waals surface area contributed by atoms with Crippen molar-refractivity contribution >= 4 is 15.9 Å². The number of benzene rings is 3. The lowest BCUT2D eigenvalue weighted by molar-refractivity contribution is 1.19. The molecule has 1 aliphatic rings. The Morgan fingerprint density at radius 2 is 1.41 bits per heavy atom. The molecule has 0 unspecified atom stereocenters. The summed E-state index contributed by atoms with van der Waals surface area (Å²) in [5.41, 5.74) is 11.2. The molecule has 108 valence electrons. The van der Waals surface area contributed by atoms with E-state index in [2.05, 4.69) is 84.4 Å². The van der Waals surface area contributed by atoms with Gasteiger partial charge in [0.1, 0.15) is 0 Å². The molecule has 0 heterocycles. The van der Waals surface area contributed by atoms with Crippen molar-refractivity contribution in [1.82, 2.24) is 0 Å². The molecule has 0 saturated carbocycles. The van der Waals surface area contributed by atoms with Gasteiger partial charge < -0.3 is 0 Å². The molecule has 4 rings (SSSR count). The van der Waals surface area contributed by atoms with Crippen LogP contribution in [-0.4, -0.2) is 0 Å². The van der Waals surface area contributed by atoms with Gasteiger partial charge in [-0.1, -0.05) is 58.4 Å². The second-order valence-electron chi connectivity index (χ2n) is 6.01. The fourth-order valence-electron chi connectivity index (χ4n) is 3.53. The van der Waals surface area contributed by atoms with Gasteiger partial charge in [-0.3, -0.25) is 0 Å². The van der Waals surface area contributed by atoms with Gasteiger partial charge in [-0.2, -0.15) is 0 Å². The topological polar surface area (TPSA) is 0 Å². The molecule has 0 atom stereocenters. The molecule has 0 amide bonds. The normalized spacial score (nSPS) is 12.1. The van der Waals surface area contributed by atoms with E-state index >= 15 is 0 Å². The third kappa shape index (κ3) is 1.96. The average molecular weight is 349 g/mol. The van der Waals surface area contributed by atoms with E-state index in [0.717, 1.165) is 10.9 Å². The molecule has 0 aromatic heterocycles. The summed E-state index contributed by atoms with van der Waals surface area (Å²) in [6.45, 7) is 4.51. The van der Waals surface area contributed by atoms with Crippen LogP contribution >= 0.6 is 15.9 Å². The highest BCUT2D eigenvalue weighted by molar-refractivity contribution is 9.10. The maximum atomic E-state index is 3.70. The lowest BCUT2D eigenvalue weighted by Crippen LogP contribution is -1.95. The van der Waals surface area contributed by atoms with Gasteiger partial charge in [0.25, 0.3) is 0 Å². The Morgan fingerprint density at radius 3 is 2.18 bits per heavy atom. The van der Waals surface area contributed by atoms with Crippen LogP contribution in [0.3, 0.4) is 0 Å². The van der Waals surface area contributed by atoms with Gasteiger partial charge >= 0.3 is 0 Å². The third-order valence-electron chi connectivity index (χ3n) is 4.87. The summed E-state index contributed by atoms with van der Waals surface area (Å²) >= 11 is 3.70. The van der Waals surface area contributed by atoms with Crippen molar-refractivity contribution in [3.8, 4) is 22.3 Å². The minimum atomic E-state index is 1.06. The Labute approximate surface area is 140 Å². The number of rotatable bonds is 1. The van der Waals surface area contributed by atoms with Gasteiger partial charge in [0.2, 0.25) is 0 Å². The van der Waals surface area contributed by atoms with E-state index < -0.39 is 0 Å². The van der Waals surface area contributed by atoms with E-state index in [0.29, 0.717) is 0 Å². The van der Waals surface area contributed by atoms with Gasteiger partial charge in [-0.05, 0) is 76.9 Å². The Morgan fingerprint density at radius 1 is 0.727 bits per heavy atom. The Balaban J connectivity index is 2.02. The highest BCUT2D eigenvalue weighted by atomic mass is 79.9. The Kier molecular flexibility index (Phi) is 3.19. The molecule has 0 radical (unpaired) electrons. The summed E-state index contributed by atoms with van der Waals surface area (Å²) in [5.74, 6) is 0. The molecule has 1 heteroatoms. The predicted octanol–water partition coefficient (Wildman–Crippen LogP) is 6.30. The van der Waals surface area contributed by atoms with Gasteiger partial charge in [-0.25, -0.2) is 0 Å². The summed E-state index contributed by atoms with van der Waals surface area (Å²) in [6.07, 6.45) is 1.06. The van der Waals surface area contributed by atoms with Crippen LogP contribution in [0, 0.1) is 13.8 Å². The van der Waals surface area contributed by atoms with Crippen molar-refractivity contribution in [2.24, 2.45) is 0 Å². The summed E-state index contributed by atoms with van der Waals surface area (Å²) < 4.78 is 1.16. The summed E-state index contributed by atoms with van der Waals surface area (Å²) in [5, 5.41) is 0. The highest BCUT2D eigenvalue weighted by Gasteiger charge is 2.22. The minimum Gasteiger partial charge on any atom is -0.0619 e. The zero-order valence-corrected chi connectivity index (χ0v) is 14.4. The molecular formula is C21H17Br. The largest absolute Gasteiger partial charge is 0.0619 e. The first-order valence-corrected chi connectivity index (χ1v) is 8.42. The number of halogens is 1. The maximum absolute atomic E-state index is 3.70. The van der Waals surface area contributed by atoms with E-state index in [1.807, 2.05) is 0 Å². The van der Waals surface area contributed by atoms with Crippen molar-refractivity contribution in [2.45, 2.75) is 20.3 Å². The molecule has 3 aromatic rings. The second-order valence-corrected chi connectivity index (χ2v) is 6.87. The van der Waals surface area contributed by atoms with Crippen LogP contribution in [0.4, 0.5) is 0 Å². The fourth-order valence-corrected chi connectivity index (χ4v) is 4.02. The molecule has 0 bridgehead atoms. The SMILES string of the molecule is Cc1c(-c2ccccc2Br)cc2c(c1C)Cc1ccccc1-2. The van der Waals surface area contributed by atoms with Crippen molar-refractivity contribution < 1.29 is 0 Å². The van der Waals surface area contributed by atoms with Crippen LogP contribution in [0.1, 0.15) is 22.3 Å². The monoisotopic (exact) mass is 348 g/mol. The average Bonchev–Trinajstić information content (AvgIpc) is 2.91. The molecule has 22 heavy (non-hydrogen) atoms. The Bertz CT molecular complexity index is 890. The second kappa shape index (κ2) is 5.10. The molecule has 0 saturated heterocycles. The van der Waals surface area contributed by atoms with Gasteiger partial charge in [-0.15, -0.1) is 0 Å². The third-order valence-corrected chi connectivity index (χ3v) is 5.56. The van der Waals surface area contributed by atoms with Gasteiger partial charge in [0.15, 0.2) is 0 Å². The summed E-state index contributed by atoms with van der Waals surface area (Å²) in [7, 11) is 0. The first-order chi connectivity index (χ1) is 10.7. The zero-order valence-electron chi connectivity index (χ0n) is 12.8. The van der Waals surface area contributed by atoms with Crippen molar-refractivity contribution in [1.29, 1.82) is 0 Å². The molecular weight excluding hydrogens is 332 g/mol. The van der Waals surface area contributed by atoms with Crippen LogP contribution in [0.2, 0.25) is 0 Å². The van der Waals surface area contributed by atoms with Crippen LogP contribution < -0.4 is 0 Å². The number of hydrogen-bond donors (Lipinski definition) is 0.